The number of carbonyl (C=O) groups is 2. The lowest BCUT2D eigenvalue weighted by molar-refractivity contribution is -0.137. The van der Waals surface area contributed by atoms with Crippen molar-refractivity contribution in [3.8, 4) is 5.69 Å². The highest BCUT2D eigenvalue weighted by molar-refractivity contribution is 5.94. The van der Waals surface area contributed by atoms with Crippen molar-refractivity contribution in [3.63, 3.8) is 0 Å². The van der Waals surface area contributed by atoms with Gasteiger partial charge in [0.1, 0.15) is 0 Å². The Morgan fingerprint density at radius 1 is 1.04 bits per heavy atom. The van der Waals surface area contributed by atoms with Crippen LogP contribution in [0.2, 0.25) is 0 Å². The topological polar surface area (TPSA) is 84.2 Å². The highest BCUT2D eigenvalue weighted by Crippen LogP contribution is 2.09. The summed E-state index contributed by atoms with van der Waals surface area (Å²) in [6, 6.07) is 7.38. The van der Waals surface area contributed by atoms with Crippen LogP contribution >= 0.6 is 0 Å². The van der Waals surface area contributed by atoms with Crippen molar-refractivity contribution in [1.29, 1.82) is 0 Å². The summed E-state index contributed by atoms with van der Waals surface area (Å²) in [5.74, 6) is -0.806. The van der Waals surface area contributed by atoms with Crippen LogP contribution in [0.3, 0.4) is 0 Å². The van der Waals surface area contributed by atoms with E-state index in [9.17, 15) is 9.59 Å². The highest BCUT2D eigenvalue weighted by atomic mass is 16.4. The molecule has 1 aromatic heterocycles. The molecule has 0 atom stereocenters. The maximum Gasteiger partial charge on any atom is 0.303 e. The molecule has 1 heterocycles. The molecule has 0 saturated carbocycles. The number of nitrogens with zero attached hydrogens (tertiary/aromatic N) is 2. The molecule has 0 bridgehead atoms. The predicted molar refractivity (Wildman–Crippen MR) is 91.2 cm³/mol. The molecule has 2 N–H and O–H groups in total. The van der Waals surface area contributed by atoms with Gasteiger partial charge < -0.3 is 15.0 Å². The normalized spacial score (nSPS) is 10.5. The number of hydrogen-bond donors (Lipinski definition) is 2. The van der Waals surface area contributed by atoms with Crippen molar-refractivity contribution in [2.45, 2.75) is 38.5 Å². The molecule has 0 aliphatic heterocycles. The molecule has 0 unspecified atom stereocenters. The van der Waals surface area contributed by atoms with E-state index in [0.29, 0.717) is 12.1 Å². The first-order valence-electron chi connectivity index (χ1n) is 8.25. The van der Waals surface area contributed by atoms with Crippen LogP contribution < -0.4 is 5.32 Å². The summed E-state index contributed by atoms with van der Waals surface area (Å²) in [5.41, 5.74) is 1.60. The van der Waals surface area contributed by atoms with Gasteiger partial charge in [0.2, 0.25) is 0 Å². The van der Waals surface area contributed by atoms with Crippen LogP contribution in [0.1, 0.15) is 48.9 Å². The zero-order chi connectivity index (χ0) is 17.2. The van der Waals surface area contributed by atoms with E-state index < -0.39 is 5.97 Å². The summed E-state index contributed by atoms with van der Waals surface area (Å²) >= 11 is 0. The third-order valence-corrected chi connectivity index (χ3v) is 3.79. The van der Waals surface area contributed by atoms with Crippen LogP contribution in [-0.2, 0) is 4.79 Å². The zero-order valence-corrected chi connectivity index (χ0v) is 13.6. The van der Waals surface area contributed by atoms with Gasteiger partial charge in [0.25, 0.3) is 5.91 Å². The monoisotopic (exact) mass is 329 g/mol. The van der Waals surface area contributed by atoms with Gasteiger partial charge in [0.05, 0.1) is 6.33 Å². The first kappa shape index (κ1) is 17.7. The summed E-state index contributed by atoms with van der Waals surface area (Å²) in [5, 5.41) is 11.5. The molecular weight excluding hydrogens is 306 g/mol. The SMILES string of the molecule is O=C(O)CCCCCCCNC(=O)c1ccc(-n2ccnc2)cc1. The molecule has 24 heavy (non-hydrogen) atoms. The van der Waals surface area contributed by atoms with Crippen molar-refractivity contribution in [1.82, 2.24) is 14.9 Å². The second-order valence-corrected chi connectivity index (χ2v) is 5.68. The van der Waals surface area contributed by atoms with Crippen LogP contribution in [0.25, 0.3) is 5.69 Å². The van der Waals surface area contributed by atoms with E-state index >= 15 is 0 Å². The molecule has 0 aliphatic carbocycles. The summed E-state index contributed by atoms with van der Waals surface area (Å²) < 4.78 is 1.88. The van der Waals surface area contributed by atoms with Crippen molar-refractivity contribution in [2.75, 3.05) is 6.54 Å². The minimum atomic E-state index is -0.735. The van der Waals surface area contributed by atoms with Crippen molar-refractivity contribution >= 4 is 11.9 Å². The molecule has 0 radical (unpaired) electrons. The van der Waals surface area contributed by atoms with Gasteiger partial charge in [-0.25, -0.2) is 4.98 Å². The number of benzene rings is 1. The number of carbonyl (C=O) groups excluding carboxylic acids is 1. The van der Waals surface area contributed by atoms with Gasteiger partial charge in [-0.05, 0) is 37.1 Å². The lowest BCUT2D eigenvalue weighted by Crippen LogP contribution is -2.24. The molecule has 6 nitrogen and oxygen atoms in total. The van der Waals surface area contributed by atoms with E-state index in [1.165, 1.54) is 0 Å². The highest BCUT2D eigenvalue weighted by Gasteiger charge is 2.05. The smallest absolute Gasteiger partial charge is 0.303 e. The number of unbranched alkanes of at least 4 members (excludes halogenated alkanes) is 4. The second-order valence-electron chi connectivity index (χ2n) is 5.68. The van der Waals surface area contributed by atoms with Crippen LogP contribution in [-0.4, -0.2) is 33.1 Å². The largest absolute Gasteiger partial charge is 0.481 e. The molecule has 1 amide bonds. The van der Waals surface area contributed by atoms with E-state index in [4.69, 9.17) is 5.11 Å². The summed E-state index contributed by atoms with van der Waals surface area (Å²) in [6.07, 6.45) is 10.1. The van der Waals surface area contributed by atoms with Gasteiger partial charge in [0.15, 0.2) is 0 Å². The predicted octanol–water partition coefficient (Wildman–Crippen LogP) is 3.03. The molecule has 0 aliphatic rings. The summed E-state index contributed by atoms with van der Waals surface area (Å²) in [7, 11) is 0. The Hall–Kier alpha value is -2.63. The fraction of sp³-hybridized carbons (Fsp3) is 0.389. The van der Waals surface area contributed by atoms with E-state index in [2.05, 4.69) is 10.3 Å². The van der Waals surface area contributed by atoms with Crippen LogP contribution in [0.5, 0.6) is 0 Å². The molecule has 0 spiro atoms. The zero-order valence-electron chi connectivity index (χ0n) is 13.6. The number of aromatic nitrogens is 2. The number of carboxylic acids is 1. The Bertz CT molecular complexity index is 636. The average Bonchev–Trinajstić information content (AvgIpc) is 3.11. The number of amides is 1. The minimum absolute atomic E-state index is 0.0712. The van der Waals surface area contributed by atoms with Gasteiger partial charge in [0, 0.05) is 36.6 Å². The minimum Gasteiger partial charge on any atom is -0.481 e. The Labute approximate surface area is 141 Å². The number of nitrogens with one attached hydrogen (secondary N) is 1. The molecule has 6 heteroatoms. The summed E-state index contributed by atoms with van der Waals surface area (Å²) in [4.78, 5) is 26.4. The number of imidazole rings is 1. The van der Waals surface area contributed by atoms with Gasteiger partial charge in [-0.1, -0.05) is 19.3 Å². The molecule has 2 aromatic rings. The Morgan fingerprint density at radius 3 is 2.42 bits per heavy atom. The van der Waals surface area contributed by atoms with E-state index in [1.54, 1.807) is 24.7 Å². The standard InChI is InChI=1S/C18H23N3O3/c22-17(23)6-4-2-1-3-5-11-20-18(24)15-7-9-16(10-8-15)21-13-12-19-14-21/h7-10,12-14H,1-6,11H2,(H,20,24)(H,22,23). The van der Waals surface area contributed by atoms with Crippen LogP contribution in [0, 0.1) is 0 Å². The third-order valence-electron chi connectivity index (χ3n) is 3.79. The maximum atomic E-state index is 12.1. The Balaban J connectivity index is 1.63. The quantitative estimate of drug-likeness (QED) is 0.656. The molecule has 0 saturated heterocycles. The molecule has 1 aromatic carbocycles. The lowest BCUT2D eigenvalue weighted by Gasteiger charge is -2.07. The second kappa shape index (κ2) is 9.50. The van der Waals surface area contributed by atoms with Gasteiger partial charge >= 0.3 is 5.97 Å². The van der Waals surface area contributed by atoms with E-state index in [-0.39, 0.29) is 12.3 Å². The Morgan fingerprint density at radius 2 is 1.75 bits per heavy atom. The fourth-order valence-electron chi connectivity index (χ4n) is 2.43. The van der Waals surface area contributed by atoms with E-state index in [1.807, 2.05) is 22.9 Å². The molecule has 0 fully saturated rings. The molecular formula is C18H23N3O3. The molecule has 128 valence electrons. The Kier molecular flexibility index (Phi) is 7.01. The number of carboxylic acid groups (broad SMARTS) is 1. The number of hydrogen-bond acceptors (Lipinski definition) is 3. The maximum absolute atomic E-state index is 12.1. The van der Waals surface area contributed by atoms with Crippen molar-refractivity contribution in [2.24, 2.45) is 0 Å². The number of rotatable bonds is 10. The van der Waals surface area contributed by atoms with Gasteiger partial charge in [-0.2, -0.15) is 0 Å². The fourth-order valence-corrected chi connectivity index (χ4v) is 2.43. The summed E-state index contributed by atoms with van der Waals surface area (Å²) in [6.45, 7) is 0.640. The van der Waals surface area contributed by atoms with Crippen molar-refractivity contribution in [3.05, 3.63) is 48.5 Å². The van der Waals surface area contributed by atoms with Crippen LogP contribution in [0.15, 0.2) is 43.0 Å². The first-order valence-corrected chi connectivity index (χ1v) is 8.25. The van der Waals surface area contributed by atoms with Crippen LogP contribution in [0.4, 0.5) is 0 Å². The first-order chi connectivity index (χ1) is 11.7. The third kappa shape index (κ3) is 5.87. The molecule has 2 rings (SSSR count). The van der Waals surface area contributed by atoms with Gasteiger partial charge in [-0.15, -0.1) is 0 Å². The lowest BCUT2D eigenvalue weighted by atomic mass is 10.1. The van der Waals surface area contributed by atoms with E-state index in [0.717, 1.165) is 37.8 Å². The average molecular weight is 329 g/mol. The van der Waals surface area contributed by atoms with Crippen molar-refractivity contribution < 1.29 is 14.7 Å². The number of aliphatic carboxylic acids is 1. The van der Waals surface area contributed by atoms with Gasteiger partial charge in [-0.3, -0.25) is 9.59 Å².